The molecule has 2 nitrogen and oxygen atoms in total. The summed E-state index contributed by atoms with van der Waals surface area (Å²) in [6.07, 6.45) is 1.92. The number of hydrogen-bond acceptors (Lipinski definition) is 2. The van der Waals surface area contributed by atoms with Crippen LogP contribution in [0.15, 0.2) is 46.9 Å². The van der Waals surface area contributed by atoms with Gasteiger partial charge in [0.05, 0.1) is 7.11 Å². The van der Waals surface area contributed by atoms with Crippen LogP contribution in [0.5, 0.6) is 5.75 Å². The van der Waals surface area contributed by atoms with Gasteiger partial charge in [0.2, 0.25) is 0 Å². The molecule has 0 aromatic heterocycles. The van der Waals surface area contributed by atoms with Crippen molar-refractivity contribution in [1.29, 1.82) is 0 Å². The minimum Gasteiger partial charge on any atom is -0.496 e. The fraction of sp³-hybridized carbons (Fsp3) is 0.333. The van der Waals surface area contributed by atoms with E-state index in [1.165, 1.54) is 16.7 Å². The van der Waals surface area contributed by atoms with Crippen molar-refractivity contribution in [3.63, 3.8) is 0 Å². The Morgan fingerprint density at radius 3 is 2.43 bits per heavy atom. The lowest BCUT2D eigenvalue weighted by atomic mass is 9.92. The third-order valence-electron chi connectivity index (χ3n) is 3.73. The van der Waals surface area contributed by atoms with Gasteiger partial charge in [-0.05, 0) is 61.6 Å². The number of nitrogens with two attached hydrogens (primary N) is 1. The van der Waals surface area contributed by atoms with E-state index in [1.54, 1.807) is 7.11 Å². The van der Waals surface area contributed by atoms with Crippen LogP contribution in [0, 0.1) is 12.8 Å². The molecule has 0 fully saturated rings. The number of methoxy groups -OCH3 is 1. The normalized spacial score (nSPS) is 12.2. The van der Waals surface area contributed by atoms with Crippen LogP contribution in [0.25, 0.3) is 0 Å². The summed E-state index contributed by atoms with van der Waals surface area (Å²) in [5.41, 5.74) is 9.81. The van der Waals surface area contributed by atoms with E-state index in [1.807, 2.05) is 12.1 Å². The van der Waals surface area contributed by atoms with Crippen molar-refractivity contribution < 1.29 is 4.74 Å². The van der Waals surface area contributed by atoms with Gasteiger partial charge in [0.25, 0.3) is 0 Å². The summed E-state index contributed by atoms with van der Waals surface area (Å²) in [4.78, 5) is 0. The van der Waals surface area contributed by atoms with Crippen molar-refractivity contribution in [2.45, 2.75) is 19.8 Å². The van der Waals surface area contributed by atoms with Gasteiger partial charge >= 0.3 is 0 Å². The molecule has 2 rings (SSSR count). The lowest BCUT2D eigenvalue weighted by molar-refractivity contribution is 0.403. The first kappa shape index (κ1) is 16.1. The average Bonchev–Trinajstić information content (AvgIpc) is 2.49. The van der Waals surface area contributed by atoms with Crippen molar-refractivity contribution in [2.75, 3.05) is 13.7 Å². The van der Waals surface area contributed by atoms with Crippen LogP contribution in [0.2, 0.25) is 0 Å². The van der Waals surface area contributed by atoms with Gasteiger partial charge in [-0.3, -0.25) is 0 Å². The maximum absolute atomic E-state index is 5.98. The highest BCUT2D eigenvalue weighted by Crippen LogP contribution is 2.26. The minimum absolute atomic E-state index is 0.413. The third kappa shape index (κ3) is 4.58. The molecule has 0 heterocycles. The highest BCUT2D eigenvalue weighted by Gasteiger charge is 2.13. The molecule has 0 aliphatic rings. The minimum atomic E-state index is 0.413. The average molecular weight is 348 g/mol. The maximum Gasteiger partial charge on any atom is 0.122 e. The maximum atomic E-state index is 5.98. The van der Waals surface area contributed by atoms with Crippen molar-refractivity contribution in [2.24, 2.45) is 11.7 Å². The quantitative estimate of drug-likeness (QED) is 0.852. The molecule has 1 atom stereocenters. The molecule has 112 valence electrons. The van der Waals surface area contributed by atoms with E-state index in [-0.39, 0.29) is 0 Å². The number of hydrogen-bond donors (Lipinski definition) is 1. The summed E-state index contributed by atoms with van der Waals surface area (Å²) in [5, 5.41) is 0. The first-order chi connectivity index (χ1) is 10.1. The van der Waals surface area contributed by atoms with Crippen molar-refractivity contribution >= 4 is 15.9 Å². The summed E-state index contributed by atoms with van der Waals surface area (Å²) in [5.74, 6) is 1.34. The summed E-state index contributed by atoms with van der Waals surface area (Å²) in [6, 6.07) is 14.8. The molecule has 0 aliphatic heterocycles. The van der Waals surface area contributed by atoms with E-state index >= 15 is 0 Å². The number of halogens is 1. The highest BCUT2D eigenvalue weighted by molar-refractivity contribution is 9.10. The molecule has 0 aliphatic carbocycles. The van der Waals surface area contributed by atoms with Gasteiger partial charge in [-0.15, -0.1) is 0 Å². The SMILES string of the molecule is COc1ccc(Br)cc1CC(CN)Cc1ccc(C)cc1. The van der Waals surface area contributed by atoms with Crippen LogP contribution in [0.3, 0.4) is 0 Å². The predicted octanol–water partition coefficient (Wildman–Crippen LogP) is 4.13. The second-order valence-corrected chi connectivity index (χ2v) is 6.37. The molecule has 2 aromatic carbocycles. The lowest BCUT2D eigenvalue weighted by Crippen LogP contribution is -2.19. The van der Waals surface area contributed by atoms with Crippen LogP contribution in [-0.2, 0) is 12.8 Å². The number of benzene rings is 2. The van der Waals surface area contributed by atoms with Crippen LogP contribution >= 0.6 is 15.9 Å². The highest BCUT2D eigenvalue weighted by atomic mass is 79.9. The summed E-state index contributed by atoms with van der Waals surface area (Å²) < 4.78 is 6.52. The van der Waals surface area contributed by atoms with Crippen LogP contribution < -0.4 is 10.5 Å². The molecule has 0 saturated carbocycles. The molecule has 21 heavy (non-hydrogen) atoms. The first-order valence-corrected chi connectivity index (χ1v) is 7.99. The molecule has 1 unspecified atom stereocenters. The molecular formula is C18H22BrNO. The largest absolute Gasteiger partial charge is 0.496 e. The molecule has 2 aromatic rings. The predicted molar refractivity (Wildman–Crippen MR) is 91.8 cm³/mol. The zero-order chi connectivity index (χ0) is 15.2. The zero-order valence-electron chi connectivity index (χ0n) is 12.6. The molecule has 0 saturated heterocycles. The second kappa shape index (κ2) is 7.62. The Morgan fingerprint density at radius 2 is 1.81 bits per heavy atom. The van der Waals surface area contributed by atoms with Gasteiger partial charge in [0.1, 0.15) is 5.75 Å². The van der Waals surface area contributed by atoms with Crippen LogP contribution in [0.4, 0.5) is 0 Å². The third-order valence-corrected chi connectivity index (χ3v) is 4.22. The van der Waals surface area contributed by atoms with Crippen molar-refractivity contribution in [1.82, 2.24) is 0 Å². The fourth-order valence-electron chi connectivity index (χ4n) is 2.51. The molecular weight excluding hydrogens is 326 g/mol. The molecule has 2 N–H and O–H groups in total. The Labute approximate surface area is 135 Å². The Hall–Kier alpha value is -1.32. The topological polar surface area (TPSA) is 35.2 Å². The monoisotopic (exact) mass is 347 g/mol. The Balaban J connectivity index is 2.11. The smallest absolute Gasteiger partial charge is 0.122 e. The summed E-state index contributed by atoms with van der Waals surface area (Å²) >= 11 is 3.53. The second-order valence-electron chi connectivity index (χ2n) is 5.45. The number of rotatable bonds is 6. The summed E-state index contributed by atoms with van der Waals surface area (Å²) in [7, 11) is 1.71. The van der Waals surface area contributed by atoms with Gasteiger partial charge in [-0.2, -0.15) is 0 Å². The first-order valence-electron chi connectivity index (χ1n) is 7.20. The Bertz CT molecular complexity index is 580. The summed E-state index contributed by atoms with van der Waals surface area (Å²) in [6.45, 7) is 2.78. The van der Waals surface area contributed by atoms with E-state index < -0.39 is 0 Å². The number of aryl methyl sites for hydroxylation is 1. The van der Waals surface area contributed by atoms with Crippen molar-refractivity contribution in [3.8, 4) is 5.75 Å². The molecule has 3 heteroatoms. The molecule has 0 radical (unpaired) electrons. The van der Waals surface area contributed by atoms with Gasteiger partial charge in [-0.25, -0.2) is 0 Å². The zero-order valence-corrected chi connectivity index (χ0v) is 14.2. The van der Waals surface area contributed by atoms with Gasteiger partial charge in [-0.1, -0.05) is 45.8 Å². The van der Waals surface area contributed by atoms with Gasteiger partial charge in [0, 0.05) is 4.47 Å². The van der Waals surface area contributed by atoms with E-state index in [0.29, 0.717) is 12.5 Å². The fourth-order valence-corrected chi connectivity index (χ4v) is 2.92. The van der Waals surface area contributed by atoms with Crippen LogP contribution in [-0.4, -0.2) is 13.7 Å². The van der Waals surface area contributed by atoms with Crippen molar-refractivity contribution in [3.05, 3.63) is 63.6 Å². The Kier molecular flexibility index (Phi) is 5.83. The van der Waals surface area contributed by atoms with Gasteiger partial charge < -0.3 is 10.5 Å². The molecule has 0 bridgehead atoms. The van der Waals surface area contributed by atoms with Gasteiger partial charge in [0.15, 0.2) is 0 Å². The molecule has 0 amide bonds. The van der Waals surface area contributed by atoms with E-state index in [9.17, 15) is 0 Å². The lowest BCUT2D eigenvalue weighted by Gasteiger charge is -2.17. The number of ether oxygens (including phenoxy) is 1. The Morgan fingerprint density at radius 1 is 1.10 bits per heavy atom. The van der Waals surface area contributed by atoms with E-state index in [4.69, 9.17) is 10.5 Å². The van der Waals surface area contributed by atoms with E-state index in [0.717, 1.165) is 23.1 Å². The van der Waals surface area contributed by atoms with E-state index in [2.05, 4.69) is 53.2 Å². The standard InChI is InChI=1S/C18H22BrNO/c1-13-3-5-14(6-4-13)9-15(12-20)10-16-11-17(19)7-8-18(16)21-2/h3-8,11,15H,9-10,12,20H2,1-2H3. The van der Waals surface area contributed by atoms with Crippen LogP contribution in [0.1, 0.15) is 16.7 Å². The molecule has 0 spiro atoms.